The number of carbonyl (C=O) groups excluding carboxylic acids is 1. The molecule has 1 amide bonds. The lowest BCUT2D eigenvalue weighted by molar-refractivity contribution is 0.0937. The van der Waals surface area contributed by atoms with Crippen LogP contribution >= 0.6 is 11.3 Å². The van der Waals surface area contributed by atoms with E-state index in [1.807, 2.05) is 32.0 Å². The molecule has 4 rings (SSSR count). The van der Waals surface area contributed by atoms with E-state index in [9.17, 15) is 4.79 Å². The molecular formula is C24H26N2O2S. The normalized spacial score (nSPS) is 14.9. The maximum absolute atomic E-state index is 13.0. The van der Waals surface area contributed by atoms with E-state index < -0.39 is 0 Å². The number of benzene rings is 2. The first kappa shape index (κ1) is 19.7. The van der Waals surface area contributed by atoms with Gasteiger partial charge in [-0.1, -0.05) is 24.3 Å². The van der Waals surface area contributed by atoms with E-state index >= 15 is 0 Å². The van der Waals surface area contributed by atoms with Crippen LogP contribution in [0.5, 0.6) is 5.75 Å². The fourth-order valence-corrected chi connectivity index (χ4v) is 4.23. The number of amides is 1. The number of thiophene rings is 1. The lowest BCUT2D eigenvalue weighted by Crippen LogP contribution is -2.50. The van der Waals surface area contributed by atoms with E-state index in [-0.39, 0.29) is 18.1 Å². The Morgan fingerprint density at radius 1 is 1.14 bits per heavy atom. The highest BCUT2D eigenvalue weighted by Gasteiger charge is 2.20. The summed E-state index contributed by atoms with van der Waals surface area (Å²) in [6.07, 6.45) is 0.191. The first-order valence-corrected chi connectivity index (χ1v) is 10.8. The van der Waals surface area contributed by atoms with Gasteiger partial charge in [0.25, 0.3) is 5.91 Å². The number of carbonyl (C=O) groups is 1. The van der Waals surface area contributed by atoms with Gasteiger partial charge in [-0.05, 0) is 67.8 Å². The molecule has 4 nitrogen and oxygen atoms in total. The van der Waals surface area contributed by atoms with Crippen molar-refractivity contribution in [1.82, 2.24) is 10.6 Å². The van der Waals surface area contributed by atoms with E-state index in [1.165, 1.54) is 15.3 Å². The van der Waals surface area contributed by atoms with Crippen molar-refractivity contribution < 1.29 is 9.53 Å². The van der Waals surface area contributed by atoms with Crippen LogP contribution in [-0.2, 0) is 0 Å². The summed E-state index contributed by atoms with van der Waals surface area (Å²) >= 11 is 1.78. The first-order chi connectivity index (χ1) is 14.0. The summed E-state index contributed by atoms with van der Waals surface area (Å²) in [5, 5.41) is 6.33. The molecule has 1 aromatic heterocycles. The van der Waals surface area contributed by atoms with Crippen LogP contribution in [0.25, 0.3) is 10.4 Å². The molecule has 1 atom stereocenters. The summed E-state index contributed by atoms with van der Waals surface area (Å²) in [5.74, 6) is 0.666. The Hall–Kier alpha value is -2.63. The van der Waals surface area contributed by atoms with Crippen LogP contribution in [0.1, 0.15) is 39.3 Å². The summed E-state index contributed by atoms with van der Waals surface area (Å²) < 4.78 is 5.91. The second-order valence-electron chi connectivity index (χ2n) is 7.61. The van der Waals surface area contributed by atoms with Crippen LogP contribution in [0, 0.1) is 13.8 Å². The predicted octanol–water partition coefficient (Wildman–Crippen LogP) is 4.87. The van der Waals surface area contributed by atoms with Crippen molar-refractivity contribution in [2.75, 3.05) is 13.1 Å². The zero-order valence-corrected chi connectivity index (χ0v) is 17.8. The number of nitrogens with one attached hydrogen (secondary N) is 2. The van der Waals surface area contributed by atoms with E-state index in [0.29, 0.717) is 5.56 Å². The van der Waals surface area contributed by atoms with Gasteiger partial charge >= 0.3 is 0 Å². The van der Waals surface area contributed by atoms with Crippen molar-refractivity contribution in [3.63, 3.8) is 0 Å². The van der Waals surface area contributed by atoms with Gasteiger partial charge in [0.15, 0.2) is 0 Å². The SMILES string of the molecule is Cc1ccc(-c2cccc([C@@H](C)NC(=O)c3cc(OC4CNC4)ccc3C)c2)s1. The topological polar surface area (TPSA) is 50.4 Å². The van der Waals surface area contributed by atoms with Crippen LogP contribution in [-0.4, -0.2) is 25.1 Å². The Morgan fingerprint density at radius 2 is 1.97 bits per heavy atom. The van der Waals surface area contributed by atoms with Gasteiger partial charge in [0.1, 0.15) is 11.9 Å². The van der Waals surface area contributed by atoms with E-state index in [2.05, 4.69) is 54.0 Å². The molecule has 1 aliphatic heterocycles. The Bertz CT molecular complexity index is 1020. The lowest BCUT2D eigenvalue weighted by Gasteiger charge is -2.28. The smallest absolute Gasteiger partial charge is 0.252 e. The zero-order valence-electron chi connectivity index (χ0n) is 17.0. The molecule has 3 aromatic rings. The summed E-state index contributed by atoms with van der Waals surface area (Å²) in [6, 6.07) is 18.3. The second-order valence-corrected chi connectivity index (χ2v) is 8.89. The average molecular weight is 407 g/mol. The van der Waals surface area contributed by atoms with Gasteiger partial charge in [-0.2, -0.15) is 0 Å². The highest BCUT2D eigenvalue weighted by molar-refractivity contribution is 7.15. The average Bonchev–Trinajstić information content (AvgIpc) is 3.12. The molecule has 1 saturated heterocycles. The van der Waals surface area contributed by atoms with Crippen LogP contribution < -0.4 is 15.4 Å². The monoisotopic (exact) mass is 406 g/mol. The zero-order chi connectivity index (χ0) is 20.4. The first-order valence-electron chi connectivity index (χ1n) is 9.95. The molecular weight excluding hydrogens is 380 g/mol. The van der Waals surface area contributed by atoms with E-state index in [1.54, 1.807) is 11.3 Å². The maximum Gasteiger partial charge on any atom is 0.252 e. The minimum Gasteiger partial charge on any atom is -0.488 e. The Labute approximate surface area is 175 Å². The van der Waals surface area contributed by atoms with Gasteiger partial charge in [0.05, 0.1) is 6.04 Å². The molecule has 2 N–H and O–H groups in total. The number of aryl methyl sites for hydroxylation is 2. The number of rotatable bonds is 6. The fourth-order valence-electron chi connectivity index (χ4n) is 3.37. The summed E-state index contributed by atoms with van der Waals surface area (Å²) in [5.41, 5.74) is 3.87. The standard InChI is InChI=1S/C24H26N2O2S/c1-15-7-9-20(28-21-13-25-14-21)12-22(15)24(27)26-17(3)18-5-4-6-19(11-18)23-10-8-16(2)29-23/h4-12,17,21,25H,13-14H2,1-3H3,(H,26,27)/t17-/m1/s1. The van der Waals surface area contributed by atoms with Crippen molar-refractivity contribution in [1.29, 1.82) is 0 Å². The van der Waals surface area contributed by atoms with E-state index in [4.69, 9.17) is 4.74 Å². The predicted molar refractivity (Wildman–Crippen MR) is 119 cm³/mol. The summed E-state index contributed by atoms with van der Waals surface area (Å²) in [6.45, 7) is 7.79. The van der Waals surface area contributed by atoms with Crippen molar-refractivity contribution in [2.45, 2.75) is 32.9 Å². The van der Waals surface area contributed by atoms with Crippen molar-refractivity contribution in [2.24, 2.45) is 0 Å². The Morgan fingerprint density at radius 3 is 2.66 bits per heavy atom. The van der Waals surface area contributed by atoms with Gasteiger partial charge in [0.2, 0.25) is 0 Å². The van der Waals surface area contributed by atoms with Gasteiger partial charge in [0, 0.05) is 28.4 Å². The minimum atomic E-state index is -0.0942. The quantitative estimate of drug-likeness (QED) is 0.614. The molecule has 2 heterocycles. The van der Waals surface area contributed by atoms with Crippen LogP contribution in [0.15, 0.2) is 54.6 Å². The van der Waals surface area contributed by atoms with Gasteiger partial charge in [-0.25, -0.2) is 0 Å². The summed E-state index contributed by atoms with van der Waals surface area (Å²) in [4.78, 5) is 15.5. The molecule has 0 spiro atoms. The molecule has 0 unspecified atom stereocenters. The van der Waals surface area contributed by atoms with Crippen LogP contribution in [0.2, 0.25) is 0 Å². The second kappa shape index (κ2) is 8.39. The highest BCUT2D eigenvalue weighted by atomic mass is 32.1. The number of hydrogen-bond donors (Lipinski definition) is 2. The minimum absolute atomic E-state index is 0.0791. The lowest BCUT2D eigenvalue weighted by atomic mass is 10.0. The van der Waals surface area contributed by atoms with Gasteiger partial charge in [-0.3, -0.25) is 4.79 Å². The van der Waals surface area contributed by atoms with Crippen molar-refractivity contribution >= 4 is 17.2 Å². The molecule has 0 bridgehead atoms. The molecule has 29 heavy (non-hydrogen) atoms. The third-order valence-electron chi connectivity index (χ3n) is 5.26. The number of ether oxygens (including phenoxy) is 1. The van der Waals surface area contributed by atoms with Crippen LogP contribution in [0.3, 0.4) is 0 Å². The summed E-state index contributed by atoms with van der Waals surface area (Å²) in [7, 11) is 0. The molecule has 0 radical (unpaired) electrons. The molecule has 1 aliphatic rings. The molecule has 1 fully saturated rings. The maximum atomic E-state index is 13.0. The third-order valence-corrected chi connectivity index (χ3v) is 6.31. The molecule has 0 saturated carbocycles. The largest absolute Gasteiger partial charge is 0.488 e. The fraction of sp³-hybridized carbons (Fsp3) is 0.292. The Balaban J connectivity index is 1.49. The van der Waals surface area contributed by atoms with Gasteiger partial charge in [-0.15, -0.1) is 11.3 Å². The van der Waals surface area contributed by atoms with Gasteiger partial charge < -0.3 is 15.4 Å². The Kier molecular flexibility index (Phi) is 5.69. The molecule has 5 heteroatoms. The van der Waals surface area contributed by atoms with Crippen molar-refractivity contribution in [3.05, 3.63) is 76.2 Å². The molecule has 0 aliphatic carbocycles. The van der Waals surface area contributed by atoms with Crippen LogP contribution in [0.4, 0.5) is 0 Å². The van der Waals surface area contributed by atoms with Crippen molar-refractivity contribution in [3.8, 4) is 16.2 Å². The molecule has 150 valence electrons. The molecule has 2 aromatic carbocycles. The van der Waals surface area contributed by atoms with E-state index in [0.717, 1.165) is 30.0 Å². The number of hydrogen-bond acceptors (Lipinski definition) is 4. The highest BCUT2D eigenvalue weighted by Crippen LogP contribution is 2.29. The third kappa shape index (κ3) is 4.52.